The Bertz CT molecular complexity index is 1460. The van der Waals surface area contributed by atoms with Gasteiger partial charge in [0, 0.05) is 21.8 Å². The first-order valence-corrected chi connectivity index (χ1v) is 14.1. The number of sulfonamides is 1. The average molecular weight is 569 g/mol. The number of fused-ring (bicyclic) bond motifs is 4. The number of rotatable bonds is 6. The first-order chi connectivity index (χ1) is 17.4. The van der Waals surface area contributed by atoms with Crippen LogP contribution >= 0.6 is 15.9 Å². The molecule has 9 heteroatoms. The molecule has 0 radical (unpaired) electrons. The molecule has 6 rings (SSSR count). The highest BCUT2D eigenvalue weighted by Gasteiger charge is 2.39. The Morgan fingerprint density at radius 2 is 1.83 bits per heavy atom. The molecule has 2 aliphatic heterocycles. The summed E-state index contributed by atoms with van der Waals surface area (Å²) < 4.78 is 46.6. The number of halogens is 1. The van der Waals surface area contributed by atoms with Crippen LogP contribution in [0.25, 0.3) is 0 Å². The molecule has 0 amide bonds. The lowest BCUT2D eigenvalue weighted by molar-refractivity contribution is 0.174. The standard InChI is InChI=1S/C27H25BrN2O5S/c1-2-33-17-8-6-16(7-9-17)30-36(31,32)18-10-11-24-21(12-18)19-4-3-5-20(19)27(29-24)22-13-25-26(14-23(22)28)35-15-34-25/h3-4,6-14,19-20,27,29-30H,2,5,15H2,1H3/t19-,20+,27-/m0/s1. The third-order valence-corrected chi connectivity index (χ3v) is 8.95. The van der Waals surface area contributed by atoms with Crippen molar-refractivity contribution < 1.29 is 22.6 Å². The Kier molecular flexibility index (Phi) is 5.84. The molecule has 2 N–H and O–H groups in total. The van der Waals surface area contributed by atoms with E-state index in [-0.39, 0.29) is 29.6 Å². The number of allylic oxidation sites excluding steroid dienone is 2. The molecule has 3 atom stereocenters. The largest absolute Gasteiger partial charge is 0.494 e. The van der Waals surface area contributed by atoms with E-state index in [1.807, 2.05) is 25.1 Å². The van der Waals surface area contributed by atoms with Gasteiger partial charge < -0.3 is 19.5 Å². The molecule has 186 valence electrons. The van der Waals surface area contributed by atoms with Crippen LogP contribution in [-0.4, -0.2) is 21.8 Å². The molecule has 0 saturated carbocycles. The fourth-order valence-electron chi connectivity index (χ4n) is 5.22. The maximum Gasteiger partial charge on any atom is 0.261 e. The number of ether oxygens (including phenoxy) is 3. The number of anilines is 2. The molecule has 0 unspecified atom stereocenters. The van der Waals surface area contributed by atoms with Gasteiger partial charge in [0.25, 0.3) is 10.0 Å². The molecule has 0 aromatic heterocycles. The lowest BCUT2D eigenvalue weighted by atomic mass is 9.77. The van der Waals surface area contributed by atoms with Crippen LogP contribution < -0.4 is 24.2 Å². The Morgan fingerprint density at radius 3 is 2.61 bits per heavy atom. The zero-order chi connectivity index (χ0) is 24.9. The van der Waals surface area contributed by atoms with Crippen molar-refractivity contribution in [2.75, 3.05) is 23.4 Å². The molecule has 0 saturated heterocycles. The molecule has 7 nitrogen and oxygen atoms in total. The second-order valence-electron chi connectivity index (χ2n) is 9.01. The maximum absolute atomic E-state index is 13.2. The molecular weight excluding hydrogens is 544 g/mol. The van der Waals surface area contributed by atoms with Crippen molar-refractivity contribution in [3.05, 3.63) is 82.3 Å². The topological polar surface area (TPSA) is 85.9 Å². The van der Waals surface area contributed by atoms with Crippen molar-refractivity contribution in [3.8, 4) is 17.2 Å². The predicted octanol–water partition coefficient (Wildman–Crippen LogP) is 6.20. The summed E-state index contributed by atoms with van der Waals surface area (Å²) in [6.07, 6.45) is 5.26. The quantitative estimate of drug-likeness (QED) is 0.344. The van der Waals surface area contributed by atoms with Crippen LogP contribution in [0.4, 0.5) is 11.4 Å². The van der Waals surface area contributed by atoms with Gasteiger partial charge in [-0.15, -0.1) is 0 Å². The van der Waals surface area contributed by atoms with Crippen LogP contribution in [0.1, 0.15) is 36.4 Å². The van der Waals surface area contributed by atoms with E-state index in [0.29, 0.717) is 18.0 Å². The summed E-state index contributed by atoms with van der Waals surface area (Å²) in [6.45, 7) is 2.68. The molecule has 3 aromatic carbocycles. The Balaban J connectivity index is 1.30. The molecule has 0 bridgehead atoms. The highest BCUT2D eigenvalue weighted by atomic mass is 79.9. The minimum atomic E-state index is -3.76. The van der Waals surface area contributed by atoms with Crippen molar-refractivity contribution in [2.45, 2.75) is 30.2 Å². The van der Waals surface area contributed by atoms with Gasteiger partial charge in [-0.1, -0.05) is 28.1 Å². The van der Waals surface area contributed by atoms with E-state index in [1.54, 1.807) is 36.4 Å². The van der Waals surface area contributed by atoms with Gasteiger partial charge in [0.2, 0.25) is 6.79 Å². The highest BCUT2D eigenvalue weighted by Crippen LogP contribution is 2.52. The van der Waals surface area contributed by atoms with Gasteiger partial charge in [-0.05, 0) is 85.0 Å². The third kappa shape index (κ3) is 4.10. The van der Waals surface area contributed by atoms with Crippen LogP contribution in [-0.2, 0) is 10.0 Å². The van der Waals surface area contributed by atoms with Crippen LogP contribution in [0.3, 0.4) is 0 Å². The molecule has 3 aliphatic rings. The number of hydrogen-bond acceptors (Lipinski definition) is 6. The first kappa shape index (κ1) is 23.2. The van der Waals surface area contributed by atoms with Gasteiger partial charge in [0.1, 0.15) is 5.75 Å². The highest BCUT2D eigenvalue weighted by molar-refractivity contribution is 9.10. The normalized spacial score (nSPS) is 21.4. The van der Waals surface area contributed by atoms with Gasteiger partial charge >= 0.3 is 0 Å². The van der Waals surface area contributed by atoms with Gasteiger partial charge in [0.15, 0.2) is 11.5 Å². The molecule has 3 aromatic rings. The molecule has 1 aliphatic carbocycles. The van der Waals surface area contributed by atoms with Crippen molar-refractivity contribution >= 4 is 37.3 Å². The molecule has 36 heavy (non-hydrogen) atoms. The molecule has 0 spiro atoms. The fourth-order valence-corrected chi connectivity index (χ4v) is 6.88. The minimum absolute atomic E-state index is 0.0332. The lowest BCUT2D eigenvalue weighted by Gasteiger charge is -2.38. The Morgan fingerprint density at radius 1 is 1.06 bits per heavy atom. The van der Waals surface area contributed by atoms with Gasteiger partial charge in [-0.25, -0.2) is 8.42 Å². The van der Waals surface area contributed by atoms with Crippen LogP contribution in [0.2, 0.25) is 0 Å². The van der Waals surface area contributed by atoms with E-state index in [0.717, 1.165) is 39.2 Å². The zero-order valence-corrected chi connectivity index (χ0v) is 21.9. The molecule has 2 heterocycles. The van der Waals surface area contributed by atoms with E-state index in [4.69, 9.17) is 14.2 Å². The van der Waals surface area contributed by atoms with E-state index < -0.39 is 10.0 Å². The summed E-state index contributed by atoms with van der Waals surface area (Å²) >= 11 is 3.71. The van der Waals surface area contributed by atoms with E-state index in [1.165, 1.54) is 0 Å². The lowest BCUT2D eigenvalue weighted by Crippen LogP contribution is -2.29. The van der Waals surface area contributed by atoms with Gasteiger partial charge in [0.05, 0.1) is 17.5 Å². The van der Waals surface area contributed by atoms with E-state index in [2.05, 4.69) is 38.1 Å². The van der Waals surface area contributed by atoms with Crippen molar-refractivity contribution in [3.63, 3.8) is 0 Å². The second kappa shape index (κ2) is 9.05. The van der Waals surface area contributed by atoms with Gasteiger partial charge in [-0.3, -0.25) is 4.72 Å². The average Bonchev–Trinajstić information content (AvgIpc) is 3.54. The summed E-state index contributed by atoms with van der Waals surface area (Å²) in [6, 6.07) is 16.2. The Hall–Kier alpha value is -3.17. The van der Waals surface area contributed by atoms with Crippen molar-refractivity contribution in [2.24, 2.45) is 5.92 Å². The number of hydrogen-bond donors (Lipinski definition) is 2. The third-order valence-electron chi connectivity index (χ3n) is 6.89. The van der Waals surface area contributed by atoms with E-state index >= 15 is 0 Å². The summed E-state index contributed by atoms with van der Waals surface area (Å²) in [7, 11) is -3.76. The fraction of sp³-hybridized carbons (Fsp3) is 0.259. The summed E-state index contributed by atoms with van der Waals surface area (Å²) in [5.41, 5.74) is 3.49. The monoisotopic (exact) mass is 568 g/mol. The first-order valence-electron chi connectivity index (χ1n) is 11.8. The molecular formula is C27H25BrN2O5S. The van der Waals surface area contributed by atoms with Crippen molar-refractivity contribution in [1.82, 2.24) is 0 Å². The van der Waals surface area contributed by atoms with Crippen LogP contribution in [0, 0.1) is 5.92 Å². The summed E-state index contributed by atoms with van der Waals surface area (Å²) in [5, 5.41) is 3.67. The van der Waals surface area contributed by atoms with Crippen molar-refractivity contribution in [1.29, 1.82) is 0 Å². The molecule has 0 fully saturated rings. The van der Waals surface area contributed by atoms with Gasteiger partial charge in [-0.2, -0.15) is 0 Å². The summed E-state index contributed by atoms with van der Waals surface area (Å²) in [4.78, 5) is 0.235. The number of benzene rings is 3. The second-order valence-corrected chi connectivity index (χ2v) is 11.6. The number of nitrogens with one attached hydrogen (secondary N) is 2. The van der Waals surface area contributed by atoms with E-state index in [9.17, 15) is 8.42 Å². The Labute approximate surface area is 218 Å². The van der Waals surface area contributed by atoms with Crippen LogP contribution in [0.15, 0.2) is 76.1 Å². The summed E-state index contributed by atoms with van der Waals surface area (Å²) in [5.74, 6) is 2.52. The predicted molar refractivity (Wildman–Crippen MR) is 141 cm³/mol. The van der Waals surface area contributed by atoms with Crippen LogP contribution in [0.5, 0.6) is 17.2 Å². The minimum Gasteiger partial charge on any atom is -0.494 e. The maximum atomic E-state index is 13.2. The zero-order valence-electron chi connectivity index (χ0n) is 19.5. The SMILES string of the molecule is CCOc1ccc(NS(=O)(=O)c2ccc3c(c2)[C@H]2C=CC[C@H]2[C@@H](c2cc4c(cc2Br)OCO4)N3)cc1. The smallest absolute Gasteiger partial charge is 0.261 e.